The van der Waals surface area contributed by atoms with Crippen LogP contribution in [-0.2, 0) is 9.53 Å². The van der Waals surface area contributed by atoms with Crippen LogP contribution in [0.5, 0.6) is 0 Å². The maximum absolute atomic E-state index is 14.3. The van der Waals surface area contributed by atoms with E-state index in [2.05, 4.69) is 4.99 Å². The molecule has 0 aromatic heterocycles. The first-order chi connectivity index (χ1) is 11.8. The van der Waals surface area contributed by atoms with Gasteiger partial charge in [0.05, 0.1) is 0 Å². The molecule has 4 heteroatoms. The number of carbonyl (C=O) groups excluding carboxylic acids is 1. The lowest BCUT2D eigenvalue weighted by molar-refractivity contribution is -0.156. The molecule has 0 saturated heterocycles. The van der Waals surface area contributed by atoms with Gasteiger partial charge in [0.15, 0.2) is 6.04 Å². The third kappa shape index (κ3) is 3.95. The molecule has 1 aliphatic rings. The minimum absolute atomic E-state index is 0.314. The SMILES string of the molecule is CC(C)(C)OC(=O)[C@H]1N=C(c2ccccc2)C[C@@H]1c1ccccc1F. The Morgan fingerprint density at radius 1 is 1.08 bits per heavy atom. The second-order valence-corrected chi connectivity index (χ2v) is 7.25. The Kier molecular flexibility index (Phi) is 4.71. The molecule has 1 heterocycles. The van der Waals surface area contributed by atoms with Crippen molar-refractivity contribution >= 4 is 11.7 Å². The summed E-state index contributed by atoms with van der Waals surface area (Å²) < 4.78 is 19.9. The smallest absolute Gasteiger partial charge is 0.332 e. The molecule has 2 aromatic rings. The normalized spacial score (nSPS) is 20.2. The molecule has 3 nitrogen and oxygen atoms in total. The zero-order valence-electron chi connectivity index (χ0n) is 14.7. The number of esters is 1. The van der Waals surface area contributed by atoms with Crippen LogP contribution in [0.15, 0.2) is 59.6 Å². The Hall–Kier alpha value is -2.49. The van der Waals surface area contributed by atoms with E-state index in [1.807, 2.05) is 51.1 Å². The minimum Gasteiger partial charge on any atom is -0.458 e. The van der Waals surface area contributed by atoms with E-state index >= 15 is 0 Å². The van der Waals surface area contributed by atoms with E-state index in [9.17, 15) is 9.18 Å². The number of nitrogens with zero attached hydrogens (tertiary/aromatic N) is 1. The molecule has 2 atom stereocenters. The highest BCUT2D eigenvalue weighted by Gasteiger charge is 2.39. The van der Waals surface area contributed by atoms with Crippen LogP contribution in [0, 0.1) is 5.82 Å². The molecular weight excluding hydrogens is 317 g/mol. The van der Waals surface area contributed by atoms with Gasteiger partial charge in [-0.1, -0.05) is 48.5 Å². The third-order valence-electron chi connectivity index (χ3n) is 4.15. The fraction of sp³-hybridized carbons (Fsp3) is 0.333. The molecule has 0 fully saturated rings. The molecule has 0 amide bonds. The summed E-state index contributed by atoms with van der Waals surface area (Å²) >= 11 is 0. The van der Waals surface area contributed by atoms with Gasteiger partial charge in [-0.2, -0.15) is 0 Å². The molecule has 0 aliphatic carbocycles. The molecule has 0 unspecified atom stereocenters. The Morgan fingerprint density at radius 2 is 1.72 bits per heavy atom. The fourth-order valence-corrected chi connectivity index (χ4v) is 3.09. The van der Waals surface area contributed by atoms with Gasteiger partial charge in [0.2, 0.25) is 0 Å². The highest BCUT2D eigenvalue weighted by molar-refractivity contribution is 6.04. The van der Waals surface area contributed by atoms with Crippen LogP contribution in [0.25, 0.3) is 0 Å². The Morgan fingerprint density at radius 3 is 2.36 bits per heavy atom. The van der Waals surface area contributed by atoms with Gasteiger partial charge in [-0.25, -0.2) is 9.18 Å². The number of benzene rings is 2. The number of aliphatic imine (C=N–C) groups is 1. The molecule has 0 saturated carbocycles. The fourth-order valence-electron chi connectivity index (χ4n) is 3.09. The summed E-state index contributed by atoms with van der Waals surface area (Å²) in [4.78, 5) is 17.3. The van der Waals surface area contributed by atoms with Gasteiger partial charge in [0.25, 0.3) is 0 Å². The van der Waals surface area contributed by atoms with Gasteiger partial charge in [-0.05, 0) is 44.4 Å². The molecule has 1 aliphatic heterocycles. The van der Waals surface area contributed by atoms with Crippen LogP contribution < -0.4 is 0 Å². The predicted octanol–water partition coefficient (Wildman–Crippen LogP) is 4.51. The maximum atomic E-state index is 14.3. The average molecular weight is 339 g/mol. The molecule has 25 heavy (non-hydrogen) atoms. The highest BCUT2D eigenvalue weighted by Crippen LogP contribution is 2.36. The Balaban J connectivity index is 1.97. The number of carbonyl (C=O) groups is 1. The van der Waals surface area contributed by atoms with Gasteiger partial charge in [0.1, 0.15) is 11.4 Å². The molecule has 0 radical (unpaired) electrons. The highest BCUT2D eigenvalue weighted by atomic mass is 19.1. The quantitative estimate of drug-likeness (QED) is 0.772. The first kappa shape index (κ1) is 17.3. The van der Waals surface area contributed by atoms with Crippen LogP contribution >= 0.6 is 0 Å². The summed E-state index contributed by atoms with van der Waals surface area (Å²) in [5.41, 5.74) is 1.66. The summed E-state index contributed by atoms with van der Waals surface area (Å²) in [6, 6.07) is 15.5. The minimum atomic E-state index is -0.730. The van der Waals surface area contributed by atoms with Gasteiger partial charge in [-0.3, -0.25) is 4.99 Å². The van der Waals surface area contributed by atoms with Crippen molar-refractivity contribution in [3.63, 3.8) is 0 Å². The van der Waals surface area contributed by atoms with Crippen LogP contribution in [-0.4, -0.2) is 23.3 Å². The number of hydrogen-bond acceptors (Lipinski definition) is 3. The van der Waals surface area contributed by atoms with E-state index in [0.717, 1.165) is 11.3 Å². The van der Waals surface area contributed by atoms with Crippen molar-refractivity contribution in [2.24, 2.45) is 4.99 Å². The number of halogens is 1. The van der Waals surface area contributed by atoms with E-state index in [-0.39, 0.29) is 11.7 Å². The summed E-state index contributed by atoms with van der Waals surface area (Å²) in [7, 11) is 0. The zero-order chi connectivity index (χ0) is 18.0. The molecular formula is C21H22FNO2. The molecule has 0 spiro atoms. The summed E-state index contributed by atoms with van der Waals surface area (Å²) in [6.45, 7) is 5.46. The number of rotatable bonds is 3. The van der Waals surface area contributed by atoms with Gasteiger partial charge >= 0.3 is 5.97 Å². The Labute approximate surface area is 147 Å². The molecule has 130 valence electrons. The van der Waals surface area contributed by atoms with E-state index in [1.54, 1.807) is 18.2 Å². The van der Waals surface area contributed by atoms with Crippen molar-refractivity contribution in [2.75, 3.05) is 0 Å². The lowest BCUT2D eigenvalue weighted by atomic mass is 9.88. The molecule has 3 rings (SSSR count). The average Bonchev–Trinajstić information content (AvgIpc) is 3.00. The summed E-state index contributed by atoms with van der Waals surface area (Å²) in [5, 5.41) is 0. The lowest BCUT2D eigenvalue weighted by Gasteiger charge is -2.24. The molecule has 2 aromatic carbocycles. The van der Waals surface area contributed by atoms with Crippen molar-refractivity contribution in [3.8, 4) is 0 Å². The predicted molar refractivity (Wildman–Crippen MR) is 96.4 cm³/mol. The lowest BCUT2D eigenvalue weighted by Crippen LogP contribution is -2.33. The largest absolute Gasteiger partial charge is 0.458 e. The zero-order valence-corrected chi connectivity index (χ0v) is 14.7. The first-order valence-corrected chi connectivity index (χ1v) is 8.44. The van der Waals surface area contributed by atoms with Gasteiger partial charge in [0, 0.05) is 11.6 Å². The van der Waals surface area contributed by atoms with Crippen molar-refractivity contribution in [1.29, 1.82) is 0 Å². The second kappa shape index (κ2) is 6.79. The Bertz CT molecular complexity index is 793. The van der Waals surface area contributed by atoms with Gasteiger partial charge in [-0.15, -0.1) is 0 Å². The number of ether oxygens (including phenoxy) is 1. The van der Waals surface area contributed by atoms with E-state index in [0.29, 0.717) is 12.0 Å². The topological polar surface area (TPSA) is 38.7 Å². The van der Waals surface area contributed by atoms with E-state index in [1.165, 1.54) is 6.07 Å². The molecule has 0 bridgehead atoms. The van der Waals surface area contributed by atoms with Crippen molar-refractivity contribution < 1.29 is 13.9 Å². The van der Waals surface area contributed by atoms with Crippen LogP contribution in [0.2, 0.25) is 0 Å². The van der Waals surface area contributed by atoms with E-state index in [4.69, 9.17) is 4.74 Å². The van der Waals surface area contributed by atoms with Crippen molar-refractivity contribution in [2.45, 2.75) is 44.8 Å². The van der Waals surface area contributed by atoms with Crippen molar-refractivity contribution in [3.05, 3.63) is 71.5 Å². The monoisotopic (exact) mass is 339 g/mol. The summed E-state index contributed by atoms with van der Waals surface area (Å²) in [5.74, 6) is -1.08. The van der Waals surface area contributed by atoms with Crippen LogP contribution in [0.1, 0.15) is 44.2 Å². The number of hydrogen-bond donors (Lipinski definition) is 0. The van der Waals surface area contributed by atoms with Crippen LogP contribution in [0.4, 0.5) is 4.39 Å². The standard InChI is InChI=1S/C21H22FNO2/c1-21(2,3)25-20(24)19-16(15-11-7-8-12-17(15)22)13-18(23-19)14-9-5-4-6-10-14/h4-12,16,19H,13H2,1-3H3/t16-,19+/m1/s1. The third-order valence-corrected chi connectivity index (χ3v) is 4.15. The molecule has 0 N–H and O–H groups in total. The maximum Gasteiger partial charge on any atom is 0.332 e. The second-order valence-electron chi connectivity index (χ2n) is 7.25. The summed E-state index contributed by atoms with van der Waals surface area (Å²) in [6.07, 6.45) is 0.509. The first-order valence-electron chi connectivity index (χ1n) is 8.44. The van der Waals surface area contributed by atoms with Gasteiger partial charge < -0.3 is 4.74 Å². The van der Waals surface area contributed by atoms with Crippen molar-refractivity contribution in [1.82, 2.24) is 0 Å². The van der Waals surface area contributed by atoms with E-state index < -0.39 is 17.6 Å². The van der Waals surface area contributed by atoms with Crippen LogP contribution in [0.3, 0.4) is 0 Å².